The van der Waals surface area contributed by atoms with E-state index < -0.39 is 0 Å². The zero-order chi connectivity index (χ0) is 27.8. The van der Waals surface area contributed by atoms with Crippen LogP contribution in [0.15, 0.2) is 0 Å². The van der Waals surface area contributed by atoms with Crippen LogP contribution in [-0.2, 0) is 0 Å². The van der Waals surface area contributed by atoms with Gasteiger partial charge in [-0.05, 0) is 105 Å². The van der Waals surface area contributed by atoms with E-state index >= 15 is 0 Å². The second-order valence-electron chi connectivity index (χ2n) is 9.80. The molecule has 0 aromatic rings. The monoisotopic (exact) mass is 501 g/mol. The Morgan fingerprint density at radius 2 is 0.514 bits per heavy atom. The van der Waals surface area contributed by atoms with Gasteiger partial charge in [0, 0.05) is 24.2 Å². The van der Waals surface area contributed by atoms with Crippen molar-refractivity contribution in [3.8, 4) is 0 Å². The molecule has 4 unspecified atom stereocenters. The fourth-order valence-electron chi connectivity index (χ4n) is 5.02. The Morgan fingerprint density at radius 3 is 0.714 bits per heavy atom. The predicted octanol–water partition coefficient (Wildman–Crippen LogP) is 8.22. The van der Waals surface area contributed by atoms with Crippen molar-refractivity contribution < 1.29 is 0 Å². The summed E-state index contributed by atoms with van der Waals surface area (Å²) in [4.78, 5) is 11.0. The summed E-state index contributed by atoms with van der Waals surface area (Å²) in [5.41, 5.74) is 0. The highest BCUT2D eigenvalue weighted by Crippen LogP contribution is 2.18. The van der Waals surface area contributed by atoms with Crippen LogP contribution >= 0.6 is 0 Å². The van der Waals surface area contributed by atoms with Gasteiger partial charge < -0.3 is 0 Å². The van der Waals surface area contributed by atoms with Crippen LogP contribution in [0.4, 0.5) is 0 Å². The van der Waals surface area contributed by atoms with Crippen molar-refractivity contribution in [3.05, 3.63) is 0 Å². The van der Waals surface area contributed by atoms with Gasteiger partial charge in [-0.2, -0.15) is 0 Å². The molecule has 0 saturated heterocycles. The minimum absolute atomic E-state index is 0.572. The van der Waals surface area contributed by atoms with Crippen LogP contribution in [0.5, 0.6) is 0 Å². The average molecular weight is 501 g/mol. The van der Waals surface area contributed by atoms with Crippen molar-refractivity contribution in [1.29, 1.82) is 0 Å². The zero-order valence-electron chi connectivity index (χ0n) is 27.3. The van der Waals surface area contributed by atoms with Gasteiger partial charge in [0.1, 0.15) is 0 Å². The predicted molar refractivity (Wildman–Crippen MR) is 164 cm³/mol. The Hall–Kier alpha value is -0.160. The molecule has 0 saturated carbocycles. The van der Waals surface area contributed by atoms with Gasteiger partial charge in [0.25, 0.3) is 0 Å². The summed E-state index contributed by atoms with van der Waals surface area (Å²) < 4.78 is 0. The third-order valence-corrected chi connectivity index (χ3v) is 7.13. The number of nitrogens with zero attached hydrogens (tertiary/aromatic N) is 4. The minimum atomic E-state index is 0.572. The lowest BCUT2D eigenvalue weighted by Gasteiger charge is -2.44. The van der Waals surface area contributed by atoms with Crippen molar-refractivity contribution in [2.75, 3.05) is 45.9 Å². The van der Waals surface area contributed by atoms with Gasteiger partial charge >= 0.3 is 0 Å². The maximum absolute atomic E-state index is 2.77. The van der Waals surface area contributed by atoms with Crippen LogP contribution in [0, 0.1) is 0 Å². The minimum Gasteiger partial charge on any atom is -0.299 e. The lowest BCUT2D eigenvalue weighted by Crippen LogP contribution is -2.56. The van der Waals surface area contributed by atoms with Gasteiger partial charge in [0.2, 0.25) is 0 Å². The van der Waals surface area contributed by atoms with E-state index in [1.165, 1.54) is 77.8 Å². The smallest absolute Gasteiger partial charge is 0.0512 e. The fraction of sp³-hybridized carbons (Fsp3) is 1.00. The topological polar surface area (TPSA) is 13.0 Å². The highest BCUT2D eigenvalue weighted by Gasteiger charge is 2.29. The maximum Gasteiger partial charge on any atom is 0.0512 e. The van der Waals surface area contributed by atoms with Crippen LogP contribution in [0.25, 0.3) is 0 Å². The Morgan fingerprint density at radius 1 is 0.343 bits per heavy atom. The molecular formula is C31H72N4. The van der Waals surface area contributed by atoms with Gasteiger partial charge in [-0.25, -0.2) is 0 Å². The molecule has 0 rings (SSSR count). The first kappa shape index (κ1) is 39.4. The molecule has 0 amide bonds. The van der Waals surface area contributed by atoms with Gasteiger partial charge in [0.15, 0.2) is 0 Å². The standard InChI is InChI=1S/C27H60N4.2C2H6/c1-11-17-28(18-12-2)24(7)26(9)30(21-15-5)23-31(22-16-6)27(10)25(8)29(19-13-3)20-14-4;2*1-2/h24-27H,11-23H2,1-10H3;2*1-2H3. The molecule has 4 heteroatoms. The second-order valence-corrected chi connectivity index (χ2v) is 9.80. The largest absolute Gasteiger partial charge is 0.299 e. The first-order chi connectivity index (χ1) is 16.8. The lowest BCUT2D eigenvalue weighted by atomic mass is 10.1. The highest BCUT2D eigenvalue weighted by molar-refractivity contribution is 4.84. The summed E-state index contributed by atoms with van der Waals surface area (Å²) in [5.74, 6) is 0. The van der Waals surface area contributed by atoms with E-state index in [9.17, 15) is 0 Å². The summed E-state index contributed by atoms with van der Waals surface area (Å²) in [5, 5.41) is 0. The first-order valence-electron chi connectivity index (χ1n) is 15.8. The van der Waals surface area contributed by atoms with E-state index in [2.05, 4.69) is 88.8 Å². The molecule has 4 nitrogen and oxygen atoms in total. The third-order valence-electron chi connectivity index (χ3n) is 7.13. The van der Waals surface area contributed by atoms with Crippen molar-refractivity contribution in [3.63, 3.8) is 0 Å². The SMILES string of the molecule is CC.CC.CCCN(CCC)C(C)C(C)N(CCC)CN(CCC)C(C)C(C)N(CCC)CCC. The summed E-state index contributed by atoms with van der Waals surface area (Å²) in [6.07, 6.45) is 7.41. The lowest BCUT2D eigenvalue weighted by molar-refractivity contribution is 0.0127. The molecule has 0 N–H and O–H groups in total. The van der Waals surface area contributed by atoms with Gasteiger partial charge in [0.05, 0.1) is 6.67 Å². The van der Waals surface area contributed by atoms with E-state index in [0.717, 1.165) is 6.67 Å². The third kappa shape index (κ3) is 16.3. The van der Waals surface area contributed by atoms with Gasteiger partial charge in [-0.1, -0.05) is 69.2 Å². The Labute approximate surface area is 225 Å². The quantitative estimate of drug-likeness (QED) is 0.156. The van der Waals surface area contributed by atoms with Crippen molar-refractivity contribution in [1.82, 2.24) is 19.6 Å². The number of rotatable bonds is 20. The van der Waals surface area contributed by atoms with E-state index in [-0.39, 0.29) is 0 Å². The molecule has 35 heavy (non-hydrogen) atoms. The molecule has 0 aliphatic rings. The molecule has 0 aliphatic carbocycles. The summed E-state index contributed by atoms with van der Waals surface area (Å²) in [7, 11) is 0. The van der Waals surface area contributed by atoms with E-state index in [0.29, 0.717) is 24.2 Å². The van der Waals surface area contributed by atoms with Crippen molar-refractivity contribution in [2.45, 2.75) is 160 Å². The molecule has 4 atom stereocenters. The van der Waals surface area contributed by atoms with Crippen molar-refractivity contribution >= 4 is 0 Å². The molecular weight excluding hydrogens is 428 g/mol. The molecule has 0 fully saturated rings. The first-order valence-corrected chi connectivity index (χ1v) is 15.8. The number of hydrogen-bond donors (Lipinski definition) is 0. The maximum atomic E-state index is 2.77. The second kappa shape index (κ2) is 26.9. The molecule has 0 aromatic carbocycles. The number of hydrogen-bond acceptors (Lipinski definition) is 4. The van der Waals surface area contributed by atoms with Crippen LogP contribution in [0.1, 0.15) is 135 Å². The molecule has 0 heterocycles. The van der Waals surface area contributed by atoms with Gasteiger partial charge in [-0.3, -0.25) is 19.6 Å². The Kier molecular flexibility index (Phi) is 30.2. The summed E-state index contributed by atoms with van der Waals surface area (Å²) in [6, 6.07) is 2.34. The van der Waals surface area contributed by atoms with Gasteiger partial charge in [-0.15, -0.1) is 0 Å². The average Bonchev–Trinajstić information content (AvgIpc) is 2.88. The Bertz CT molecular complexity index is 355. The highest BCUT2D eigenvalue weighted by atomic mass is 15.4. The normalized spacial score (nSPS) is 14.9. The Balaban J connectivity index is -0.00000242. The molecule has 0 bridgehead atoms. The molecule has 0 aromatic heterocycles. The van der Waals surface area contributed by atoms with Crippen LogP contribution in [-0.4, -0.2) is 89.7 Å². The van der Waals surface area contributed by atoms with E-state index in [1.807, 2.05) is 27.7 Å². The van der Waals surface area contributed by atoms with Crippen LogP contribution in [0.3, 0.4) is 0 Å². The molecule has 0 spiro atoms. The van der Waals surface area contributed by atoms with E-state index in [1.54, 1.807) is 0 Å². The van der Waals surface area contributed by atoms with Crippen molar-refractivity contribution in [2.24, 2.45) is 0 Å². The summed E-state index contributed by atoms with van der Waals surface area (Å²) >= 11 is 0. The van der Waals surface area contributed by atoms with Crippen LogP contribution in [0.2, 0.25) is 0 Å². The summed E-state index contributed by atoms with van der Waals surface area (Å²) in [6.45, 7) is 40.1. The van der Waals surface area contributed by atoms with Crippen LogP contribution < -0.4 is 0 Å². The van der Waals surface area contributed by atoms with E-state index in [4.69, 9.17) is 0 Å². The zero-order valence-corrected chi connectivity index (χ0v) is 27.3. The molecule has 0 aliphatic heterocycles. The fourth-order valence-corrected chi connectivity index (χ4v) is 5.02. The molecule has 0 radical (unpaired) electrons. The molecule has 216 valence electrons.